The summed E-state index contributed by atoms with van der Waals surface area (Å²) in [4.78, 5) is 0. The number of hydrogen-bond acceptors (Lipinski definition) is 0. The minimum Gasteiger partial charge on any atom is -0.0651 e. The van der Waals surface area contributed by atoms with E-state index in [1.165, 1.54) is 25.7 Å². The highest BCUT2D eigenvalue weighted by Gasteiger charge is 1.99. The first-order valence-electron chi connectivity index (χ1n) is 4.45. The Balaban J connectivity index is 3.03. The third-order valence-corrected chi connectivity index (χ3v) is 2.07. The average molecular weight is 141 g/mol. The summed E-state index contributed by atoms with van der Waals surface area (Å²) in [5, 5.41) is 0. The fourth-order valence-electron chi connectivity index (χ4n) is 1.01. The second kappa shape index (κ2) is 5.76. The van der Waals surface area contributed by atoms with Crippen molar-refractivity contribution in [1.82, 2.24) is 0 Å². The predicted octanol–water partition coefficient (Wildman–Crippen LogP) is 3.82. The number of rotatable bonds is 5. The highest BCUT2D eigenvalue weighted by atomic mass is 14.0. The van der Waals surface area contributed by atoms with E-state index in [1.54, 1.807) is 5.92 Å². The van der Waals surface area contributed by atoms with E-state index in [4.69, 9.17) is 0 Å². The molecule has 0 heteroatoms. The van der Waals surface area contributed by atoms with E-state index < -0.39 is 0 Å². The quantitative estimate of drug-likeness (QED) is 0.546. The van der Waals surface area contributed by atoms with Gasteiger partial charge in [0.15, 0.2) is 0 Å². The van der Waals surface area contributed by atoms with E-state index in [9.17, 15) is 0 Å². The minimum atomic E-state index is 0.930. The molecule has 1 unspecified atom stereocenters. The highest BCUT2D eigenvalue weighted by Crippen LogP contribution is 2.14. The Hall–Kier alpha value is 0. The maximum atomic E-state index is 2.34. The Morgan fingerprint density at radius 3 is 2.30 bits per heavy atom. The normalized spacial score (nSPS) is 14.1. The summed E-state index contributed by atoms with van der Waals surface area (Å²) < 4.78 is 0. The van der Waals surface area contributed by atoms with Gasteiger partial charge in [-0.1, -0.05) is 47.0 Å². The van der Waals surface area contributed by atoms with Crippen LogP contribution in [0.15, 0.2) is 0 Å². The van der Waals surface area contributed by atoms with Crippen molar-refractivity contribution < 1.29 is 0 Å². The van der Waals surface area contributed by atoms with Gasteiger partial charge in [0.2, 0.25) is 0 Å². The fourth-order valence-corrected chi connectivity index (χ4v) is 1.01. The standard InChI is InChI=1S/C10H21/c1-5-10(4)8-6-7-9(2)3/h10H,5-8H2,1-4H3. The van der Waals surface area contributed by atoms with Crippen LogP contribution in [-0.4, -0.2) is 0 Å². The molecule has 0 N–H and O–H groups in total. The summed E-state index contributed by atoms with van der Waals surface area (Å²) in [6, 6.07) is 0. The third-order valence-electron chi connectivity index (χ3n) is 2.07. The molecule has 0 nitrogen and oxygen atoms in total. The van der Waals surface area contributed by atoms with Crippen LogP contribution in [0.25, 0.3) is 0 Å². The van der Waals surface area contributed by atoms with Crippen molar-refractivity contribution in [2.75, 3.05) is 0 Å². The van der Waals surface area contributed by atoms with Crippen molar-refractivity contribution >= 4 is 0 Å². The summed E-state index contributed by atoms with van der Waals surface area (Å²) in [7, 11) is 0. The Kier molecular flexibility index (Phi) is 5.76. The number of hydrogen-bond donors (Lipinski definition) is 0. The van der Waals surface area contributed by atoms with Gasteiger partial charge in [-0.05, 0) is 18.3 Å². The summed E-state index contributed by atoms with van der Waals surface area (Å²) in [5.74, 6) is 2.50. The van der Waals surface area contributed by atoms with E-state index >= 15 is 0 Å². The predicted molar refractivity (Wildman–Crippen MR) is 47.9 cm³/mol. The SMILES string of the molecule is CCC(C)CCC[C](C)C. The van der Waals surface area contributed by atoms with Crippen LogP contribution in [-0.2, 0) is 0 Å². The van der Waals surface area contributed by atoms with Gasteiger partial charge in [-0.3, -0.25) is 0 Å². The first-order chi connectivity index (χ1) is 4.66. The molecule has 0 aromatic rings. The first-order valence-corrected chi connectivity index (χ1v) is 4.45. The molecule has 0 aliphatic rings. The zero-order valence-electron chi connectivity index (χ0n) is 7.91. The second-order valence-electron chi connectivity index (χ2n) is 3.61. The van der Waals surface area contributed by atoms with Gasteiger partial charge in [-0.25, -0.2) is 0 Å². The van der Waals surface area contributed by atoms with Crippen molar-refractivity contribution in [3.8, 4) is 0 Å². The average Bonchev–Trinajstić information content (AvgIpc) is 1.87. The van der Waals surface area contributed by atoms with Crippen LogP contribution < -0.4 is 0 Å². The molecule has 0 aliphatic carbocycles. The molecule has 0 heterocycles. The molecular weight excluding hydrogens is 120 g/mol. The Bertz CT molecular complexity index is 64.4. The van der Waals surface area contributed by atoms with Crippen molar-refractivity contribution in [3.63, 3.8) is 0 Å². The van der Waals surface area contributed by atoms with E-state index in [0.29, 0.717) is 0 Å². The van der Waals surface area contributed by atoms with Gasteiger partial charge in [-0.15, -0.1) is 0 Å². The lowest BCUT2D eigenvalue weighted by Gasteiger charge is -2.08. The zero-order valence-corrected chi connectivity index (χ0v) is 7.91. The molecule has 1 atom stereocenters. The van der Waals surface area contributed by atoms with Crippen LogP contribution in [0.4, 0.5) is 0 Å². The van der Waals surface area contributed by atoms with Crippen LogP contribution in [0.3, 0.4) is 0 Å². The van der Waals surface area contributed by atoms with Crippen LogP contribution in [0.5, 0.6) is 0 Å². The monoisotopic (exact) mass is 141 g/mol. The maximum Gasteiger partial charge on any atom is -0.0303 e. The molecule has 0 aliphatic heterocycles. The smallest absolute Gasteiger partial charge is 0.0303 e. The van der Waals surface area contributed by atoms with Gasteiger partial charge in [0.1, 0.15) is 0 Å². The first kappa shape index (κ1) is 10.0. The van der Waals surface area contributed by atoms with E-state index in [-0.39, 0.29) is 0 Å². The summed E-state index contributed by atoms with van der Waals surface area (Å²) in [6.07, 6.45) is 5.45. The minimum absolute atomic E-state index is 0.930. The molecule has 0 aromatic carbocycles. The van der Waals surface area contributed by atoms with Gasteiger partial charge in [0.25, 0.3) is 0 Å². The topological polar surface area (TPSA) is 0 Å². The third kappa shape index (κ3) is 6.12. The molecule has 0 spiro atoms. The van der Waals surface area contributed by atoms with Crippen molar-refractivity contribution in [1.29, 1.82) is 0 Å². The molecule has 0 aromatic heterocycles. The molecule has 0 saturated carbocycles. The lowest BCUT2D eigenvalue weighted by Crippen LogP contribution is -1.93. The molecule has 61 valence electrons. The van der Waals surface area contributed by atoms with Crippen LogP contribution in [0, 0.1) is 11.8 Å². The van der Waals surface area contributed by atoms with E-state index in [2.05, 4.69) is 27.7 Å². The molecule has 1 radical (unpaired) electrons. The maximum absolute atomic E-state index is 2.34. The van der Waals surface area contributed by atoms with Crippen molar-refractivity contribution in [2.24, 2.45) is 5.92 Å². The van der Waals surface area contributed by atoms with Crippen LogP contribution >= 0.6 is 0 Å². The summed E-state index contributed by atoms with van der Waals surface area (Å²) >= 11 is 0. The van der Waals surface area contributed by atoms with Crippen molar-refractivity contribution in [2.45, 2.75) is 53.4 Å². The lowest BCUT2D eigenvalue weighted by molar-refractivity contribution is 0.488. The van der Waals surface area contributed by atoms with Gasteiger partial charge in [0.05, 0.1) is 0 Å². The summed E-state index contributed by atoms with van der Waals surface area (Å²) in [5.41, 5.74) is 0. The molecule has 0 bridgehead atoms. The second-order valence-corrected chi connectivity index (χ2v) is 3.61. The lowest BCUT2D eigenvalue weighted by atomic mass is 9.98. The van der Waals surface area contributed by atoms with Gasteiger partial charge < -0.3 is 0 Å². The Labute approximate surface area is 66.0 Å². The van der Waals surface area contributed by atoms with E-state index in [0.717, 1.165) is 5.92 Å². The zero-order chi connectivity index (χ0) is 7.98. The molecule has 0 saturated heterocycles. The van der Waals surface area contributed by atoms with Crippen molar-refractivity contribution in [3.05, 3.63) is 5.92 Å². The van der Waals surface area contributed by atoms with Gasteiger partial charge >= 0.3 is 0 Å². The molecule has 0 amide bonds. The van der Waals surface area contributed by atoms with Crippen LogP contribution in [0.1, 0.15) is 53.4 Å². The molecule has 0 fully saturated rings. The van der Waals surface area contributed by atoms with Gasteiger partial charge in [0, 0.05) is 0 Å². The molecule has 0 rings (SSSR count). The Morgan fingerprint density at radius 2 is 1.90 bits per heavy atom. The van der Waals surface area contributed by atoms with E-state index in [1.807, 2.05) is 0 Å². The summed E-state index contributed by atoms with van der Waals surface area (Å²) in [6.45, 7) is 9.05. The van der Waals surface area contributed by atoms with Crippen LogP contribution in [0.2, 0.25) is 0 Å². The molecular formula is C10H21. The largest absolute Gasteiger partial charge is 0.0651 e. The Morgan fingerprint density at radius 1 is 1.30 bits per heavy atom. The highest BCUT2D eigenvalue weighted by molar-refractivity contribution is 4.76. The van der Waals surface area contributed by atoms with Gasteiger partial charge in [-0.2, -0.15) is 0 Å². The fraction of sp³-hybridized carbons (Fsp3) is 0.900. The molecule has 10 heavy (non-hydrogen) atoms.